The molecule has 3 heteroatoms. The van der Waals surface area contributed by atoms with Crippen LogP contribution < -0.4 is 0 Å². The molecule has 0 aromatic heterocycles. The van der Waals surface area contributed by atoms with E-state index in [1.165, 1.54) is 0 Å². The van der Waals surface area contributed by atoms with E-state index in [1.54, 1.807) is 5.71 Å². The van der Waals surface area contributed by atoms with Crippen LogP contribution in [-0.4, -0.2) is 38.9 Å². The first-order valence-electron chi connectivity index (χ1n) is 5.36. The number of nitrogens with zero attached hydrogens (tertiary/aromatic N) is 1. The lowest BCUT2D eigenvalue weighted by Crippen LogP contribution is -2.44. The van der Waals surface area contributed by atoms with Crippen molar-refractivity contribution in [2.45, 2.75) is 40.7 Å². The van der Waals surface area contributed by atoms with Gasteiger partial charge < -0.3 is 0 Å². The first-order chi connectivity index (χ1) is 6.46. The SMILES string of the molecule is CC1=[N+](C)C(C)C(C)[C@H](C)[C@@H]1C.[B][B]. The average Bonchev–Trinajstić information content (AvgIpc) is 2.24. The summed E-state index contributed by atoms with van der Waals surface area (Å²) in [7, 11) is 10.2. The largest absolute Gasteiger partial charge is 0.237 e. The minimum atomic E-state index is 0.705. The van der Waals surface area contributed by atoms with Gasteiger partial charge in [-0.1, -0.05) is 20.8 Å². The molecule has 1 aliphatic rings. The zero-order chi connectivity index (χ0) is 11.5. The van der Waals surface area contributed by atoms with Crippen LogP contribution in [0.25, 0.3) is 0 Å². The van der Waals surface area contributed by atoms with Crippen LogP contribution in [0.1, 0.15) is 34.6 Å². The number of hydrogen-bond acceptors (Lipinski definition) is 0. The molecule has 1 nitrogen and oxygen atoms in total. The van der Waals surface area contributed by atoms with E-state index in [-0.39, 0.29) is 0 Å². The van der Waals surface area contributed by atoms with Gasteiger partial charge in [-0.15, -0.1) is 0 Å². The van der Waals surface area contributed by atoms with Crippen molar-refractivity contribution in [2.75, 3.05) is 7.05 Å². The van der Waals surface area contributed by atoms with E-state index in [9.17, 15) is 0 Å². The Kier molecular flexibility index (Phi) is 5.54. The second-order valence-electron chi connectivity index (χ2n) is 4.50. The van der Waals surface area contributed by atoms with Gasteiger partial charge in [0.25, 0.3) is 0 Å². The lowest BCUT2D eigenvalue weighted by atomic mass is 9.76. The Hall–Kier alpha value is -0.200. The third-order valence-corrected chi connectivity index (χ3v) is 4.21. The smallest absolute Gasteiger partial charge is 0.152 e. The predicted molar refractivity (Wildman–Crippen MR) is 65.3 cm³/mol. The van der Waals surface area contributed by atoms with Gasteiger partial charge in [-0.05, 0) is 12.8 Å². The summed E-state index contributed by atoms with van der Waals surface area (Å²) in [5.41, 5.74) is 1.55. The van der Waals surface area contributed by atoms with E-state index in [0.717, 1.165) is 17.8 Å². The fourth-order valence-electron chi connectivity index (χ4n) is 2.27. The molecule has 1 aliphatic heterocycles. The van der Waals surface area contributed by atoms with Crippen LogP contribution >= 0.6 is 0 Å². The molecular weight excluding hydrogens is 168 g/mol. The maximum absolute atomic E-state index is 4.00. The minimum absolute atomic E-state index is 0.705. The first kappa shape index (κ1) is 13.8. The molecular formula is C11H22B2N+. The normalized spacial score (nSPS) is 37.6. The zero-order valence-corrected chi connectivity index (χ0v) is 10.4. The van der Waals surface area contributed by atoms with E-state index in [0.29, 0.717) is 6.04 Å². The summed E-state index contributed by atoms with van der Waals surface area (Å²) in [5, 5.41) is 0. The van der Waals surface area contributed by atoms with Crippen LogP contribution in [0.15, 0.2) is 0 Å². The van der Waals surface area contributed by atoms with E-state index in [2.05, 4.69) is 61.7 Å². The van der Waals surface area contributed by atoms with Gasteiger partial charge in [0.15, 0.2) is 11.8 Å². The van der Waals surface area contributed by atoms with Crippen molar-refractivity contribution >= 4 is 21.2 Å². The predicted octanol–water partition coefficient (Wildman–Crippen LogP) is 1.64. The Morgan fingerprint density at radius 2 is 1.43 bits per heavy atom. The van der Waals surface area contributed by atoms with Gasteiger partial charge in [0.05, 0.1) is 0 Å². The van der Waals surface area contributed by atoms with Crippen molar-refractivity contribution in [1.29, 1.82) is 0 Å². The molecule has 4 atom stereocenters. The molecule has 0 aromatic carbocycles. The number of hydrogen-bond donors (Lipinski definition) is 0. The van der Waals surface area contributed by atoms with Gasteiger partial charge in [0.2, 0.25) is 0 Å². The van der Waals surface area contributed by atoms with Crippen molar-refractivity contribution in [3.05, 3.63) is 0 Å². The van der Waals surface area contributed by atoms with Crippen molar-refractivity contribution in [3.8, 4) is 0 Å². The summed E-state index contributed by atoms with van der Waals surface area (Å²) >= 11 is 0. The molecule has 0 aliphatic carbocycles. The zero-order valence-electron chi connectivity index (χ0n) is 10.4. The standard InChI is InChI=1S/C11H22N.B2/c1-7-8(2)10(4)12(6)11(5)9(7)3;1-2/h7-10H,1-6H3;/q+1;/t7-,8?,9-,10?;/m0./s1. The highest BCUT2D eigenvalue weighted by Gasteiger charge is 2.37. The molecule has 0 saturated heterocycles. The van der Waals surface area contributed by atoms with Crippen LogP contribution in [-0.2, 0) is 0 Å². The molecule has 0 aromatic rings. The molecule has 0 saturated carbocycles. The summed E-state index contributed by atoms with van der Waals surface area (Å²) in [5.74, 6) is 2.39. The van der Waals surface area contributed by atoms with Crippen LogP contribution in [0.3, 0.4) is 0 Å². The third-order valence-electron chi connectivity index (χ3n) is 4.21. The van der Waals surface area contributed by atoms with E-state index >= 15 is 0 Å². The fourth-order valence-corrected chi connectivity index (χ4v) is 2.27. The Labute approximate surface area is 91.8 Å². The van der Waals surface area contributed by atoms with E-state index in [1.807, 2.05) is 0 Å². The molecule has 0 fully saturated rings. The lowest BCUT2D eigenvalue weighted by molar-refractivity contribution is -0.553. The van der Waals surface area contributed by atoms with Crippen LogP contribution in [0, 0.1) is 17.8 Å². The van der Waals surface area contributed by atoms with Gasteiger partial charge in [-0.2, -0.15) is 0 Å². The average molecular weight is 190 g/mol. The van der Waals surface area contributed by atoms with Crippen molar-refractivity contribution in [1.82, 2.24) is 0 Å². The van der Waals surface area contributed by atoms with Gasteiger partial charge in [-0.3, -0.25) is 0 Å². The van der Waals surface area contributed by atoms with Gasteiger partial charge in [0.1, 0.15) is 7.05 Å². The quantitative estimate of drug-likeness (QED) is 0.403. The summed E-state index contributed by atoms with van der Waals surface area (Å²) in [6, 6.07) is 0.705. The molecule has 0 spiro atoms. The van der Waals surface area contributed by atoms with E-state index < -0.39 is 0 Å². The van der Waals surface area contributed by atoms with Crippen LogP contribution in [0.5, 0.6) is 0 Å². The molecule has 14 heavy (non-hydrogen) atoms. The van der Waals surface area contributed by atoms with Gasteiger partial charge in [-0.25, -0.2) is 4.58 Å². The maximum Gasteiger partial charge on any atom is 0.152 e. The lowest BCUT2D eigenvalue weighted by Gasteiger charge is -2.33. The van der Waals surface area contributed by atoms with E-state index in [4.69, 9.17) is 0 Å². The molecule has 0 amide bonds. The summed E-state index contributed by atoms with van der Waals surface area (Å²) in [6.45, 7) is 11.7. The van der Waals surface area contributed by atoms with Crippen molar-refractivity contribution < 1.29 is 4.58 Å². The molecule has 76 valence electrons. The van der Waals surface area contributed by atoms with Gasteiger partial charge in [0, 0.05) is 34.2 Å². The number of rotatable bonds is 0. The summed E-state index contributed by atoms with van der Waals surface area (Å²) < 4.78 is 2.44. The highest BCUT2D eigenvalue weighted by molar-refractivity contribution is 6.75. The minimum Gasteiger partial charge on any atom is -0.237 e. The maximum atomic E-state index is 4.00. The molecule has 4 radical (unpaired) electrons. The first-order valence-corrected chi connectivity index (χ1v) is 5.36. The molecule has 2 unspecified atom stereocenters. The molecule has 1 heterocycles. The molecule has 0 N–H and O–H groups in total. The second-order valence-corrected chi connectivity index (χ2v) is 4.50. The Morgan fingerprint density at radius 1 is 1.00 bits per heavy atom. The third kappa shape index (κ3) is 2.43. The van der Waals surface area contributed by atoms with Gasteiger partial charge >= 0.3 is 0 Å². The Bertz CT molecular complexity index is 191. The molecule has 0 bridgehead atoms. The second kappa shape index (κ2) is 5.63. The Morgan fingerprint density at radius 3 is 1.86 bits per heavy atom. The topological polar surface area (TPSA) is 3.01 Å². The van der Waals surface area contributed by atoms with Crippen LogP contribution in [0.4, 0.5) is 0 Å². The van der Waals surface area contributed by atoms with Crippen molar-refractivity contribution in [3.63, 3.8) is 0 Å². The van der Waals surface area contributed by atoms with Crippen LogP contribution in [0.2, 0.25) is 0 Å². The highest BCUT2D eigenvalue weighted by Crippen LogP contribution is 2.29. The molecule has 1 rings (SSSR count). The summed E-state index contributed by atoms with van der Waals surface area (Å²) in [4.78, 5) is 0. The monoisotopic (exact) mass is 190 g/mol. The Balaban J connectivity index is 0.000000791. The van der Waals surface area contributed by atoms with Crippen molar-refractivity contribution in [2.24, 2.45) is 17.8 Å². The highest BCUT2D eigenvalue weighted by atomic mass is 15.0. The summed E-state index contributed by atoms with van der Waals surface area (Å²) in [6.07, 6.45) is 0. The fraction of sp³-hybridized carbons (Fsp3) is 0.909.